The molecule has 120 valence electrons. The van der Waals surface area contributed by atoms with Crippen LogP contribution in [0, 0.1) is 5.41 Å². The molecule has 0 heterocycles. The molecule has 0 aromatic carbocycles. The Balaban J connectivity index is 4.89. The van der Waals surface area contributed by atoms with Crippen molar-refractivity contribution in [3.8, 4) is 0 Å². The van der Waals surface area contributed by atoms with Crippen LogP contribution in [0.3, 0.4) is 0 Å². The van der Waals surface area contributed by atoms with Crippen molar-refractivity contribution in [3.63, 3.8) is 0 Å². The van der Waals surface area contributed by atoms with Gasteiger partial charge in [0.2, 0.25) is 0 Å². The van der Waals surface area contributed by atoms with E-state index in [9.17, 15) is 9.59 Å². The maximum absolute atomic E-state index is 11.3. The van der Waals surface area contributed by atoms with E-state index in [1.54, 1.807) is 0 Å². The Labute approximate surface area is 128 Å². The Kier molecular flexibility index (Phi) is 10.3. The van der Waals surface area contributed by atoms with Gasteiger partial charge in [0.05, 0.1) is 0 Å². The van der Waals surface area contributed by atoms with Gasteiger partial charge in [0, 0.05) is 17.6 Å². The van der Waals surface area contributed by atoms with Gasteiger partial charge in [-0.15, -0.1) is 0 Å². The largest absolute Gasteiger partial charge is 0.462 e. The Hall–Kier alpha value is -1.58. The quantitative estimate of drug-likeness (QED) is 0.406. The highest BCUT2D eigenvalue weighted by Crippen LogP contribution is 2.32. The zero-order valence-corrected chi connectivity index (χ0v) is 13.4. The van der Waals surface area contributed by atoms with Crippen molar-refractivity contribution in [3.05, 3.63) is 25.3 Å². The highest BCUT2D eigenvalue weighted by atomic mass is 16.5. The number of hydrogen-bond donors (Lipinski definition) is 0. The summed E-state index contributed by atoms with van der Waals surface area (Å²) >= 11 is 0. The van der Waals surface area contributed by atoms with E-state index in [1.165, 1.54) is 0 Å². The predicted octanol–water partition coefficient (Wildman–Crippen LogP) is 3.81. The van der Waals surface area contributed by atoms with Gasteiger partial charge in [0.1, 0.15) is 13.2 Å². The monoisotopic (exact) mass is 296 g/mol. The van der Waals surface area contributed by atoms with Crippen LogP contribution in [0.15, 0.2) is 25.3 Å². The Bertz CT molecular complexity index is 313. The second-order valence-electron chi connectivity index (χ2n) is 5.33. The first-order chi connectivity index (χ1) is 10.0. The molecule has 0 spiro atoms. The summed E-state index contributed by atoms with van der Waals surface area (Å²) in [5.41, 5.74) is -0.316. The summed E-state index contributed by atoms with van der Waals surface area (Å²) in [6.45, 7) is 11.5. The van der Waals surface area contributed by atoms with Crippen molar-refractivity contribution in [2.75, 3.05) is 13.2 Å². The van der Waals surface area contributed by atoms with Gasteiger partial charge >= 0.3 is 11.9 Å². The van der Waals surface area contributed by atoms with Crippen molar-refractivity contribution in [2.45, 2.75) is 52.4 Å². The minimum absolute atomic E-state index is 0.252. The average Bonchev–Trinajstić information content (AvgIpc) is 2.52. The van der Waals surface area contributed by atoms with Crippen LogP contribution in [0.4, 0.5) is 0 Å². The lowest BCUT2D eigenvalue weighted by Gasteiger charge is -2.32. The van der Waals surface area contributed by atoms with Crippen LogP contribution in [0.5, 0.6) is 0 Å². The number of hydrogen-bond acceptors (Lipinski definition) is 4. The van der Waals surface area contributed by atoms with E-state index < -0.39 is 11.9 Å². The van der Waals surface area contributed by atoms with E-state index in [0.717, 1.165) is 50.7 Å². The third kappa shape index (κ3) is 8.33. The first-order valence-electron chi connectivity index (χ1n) is 7.62. The Morgan fingerprint density at radius 1 is 0.905 bits per heavy atom. The standard InChI is InChI=1S/C17H28O4/c1-5-9-11-17(12-10-6-2,13-20-15(18)7-3)14-21-16(19)8-4/h7-8H,3-6,9-14H2,1-2H3. The van der Waals surface area contributed by atoms with Gasteiger partial charge in [-0.1, -0.05) is 52.7 Å². The molecule has 0 amide bonds. The molecule has 0 atom stereocenters. The molecule has 0 aromatic heterocycles. The molecule has 0 radical (unpaired) electrons. The molecule has 21 heavy (non-hydrogen) atoms. The topological polar surface area (TPSA) is 52.6 Å². The molecule has 0 aliphatic heterocycles. The van der Waals surface area contributed by atoms with E-state index in [4.69, 9.17) is 9.47 Å². The molecule has 0 unspecified atom stereocenters. The van der Waals surface area contributed by atoms with Crippen LogP contribution >= 0.6 is 0 Å². The maximum Gasteiger partial charge on any atom is 0.330 e. The van der Waals surface area contributed by atoms with E-state index in [1.807, 2.05) is 0 Å². The van der Waals surface area contributed by atoms with Crippen LogP contribution < -0.4 is 0 Å². The molecular formula is C17H28O4. The van der Waals surface area contributed by atoms with Crippen LogP contribution in [0.25, 0.3) is 0 Å². The second-order valence-corrected chi connectivity index (χ2v) is 5.33. The molecule has 0 saturated heterocycles. The van der Waals surface area contributed by atoms with Crippen LogP contribution in [-0.2, 0) is 19.1 Å². The van der Waals surface area contributed by atoms with Gasteiger partial charge in [0.15, 0.2) is 0 Å². The number of unbranched alkanes of at least 4 members (excludes halogenated alkanes) is 2. The lowest BCUT2D eigenvalue weighted by atomic mass is 9.79. The Morgan fingerprint density at radius 2 is 1.29 bits per heavy atom. The molecule has 0 fully saturated rings. The fraction of sp³-hybridized carbons (Fsp3) is 0.647. The zero-order valence-electron chi connectivity index (χ0n) is 13.4. The smallest absolute Gasteiger partial charge is 0.330 e. The molecular weight excluding hydrogens is 268 g/mol. The van der Waals surface area contributed by atoms with Gasteiger partial charge in [-0.3, -0.25) is 0 Å². The second kappa shape index (κ2) is 11.1. The summed E-state index contributed by atoms with van der Waals surface area (Å²) in [5.74, 6) is -0.884. The molecule has 4 heteroatoms. The summed E-state index contributed by atoms with van der Waals surface area (Å²) < 4.78 is 10.5. The lowest BCUT2D eigenvalue weighted by Crippen LogP contribution is -2.34. The highest BCUT2D eigenvalue weighted by molar-refractivity contribution is 5.81. The minimum atomic E-state index is -0.442. The fourth-order valence-electron chi connectivity index (χ4n) is 2.13. The van der Waals surface area contributed by atoms with Gasteiger partial charge in [-0.25, -0.2) is 9.59 Å². The Morgan fingerprint density at radius 3 is 1.57 bits per heavy atom. The normalized spacial score (nSPS) is 10.8. The van der Waals surface area contributed by atoms with Gasteiger partial charge in [-0.05, 0) is 12.8 Å². The van der Waals surface area contributed by atoms with Crippen LogP contribution in [-0.4, -0.2) is 25.2 Å². The van der Waals surface area contributed by atoms with Gasteiger partial charge in [-0.2, -0.15) is 0 Å². The third-order valence-electron chi connectivity index (χ3n) is 3.50. The molecule has 0 N–H and O–H groups in total. The van der Waals surface area contributed by atoms with Crippen LogP contribution in [0.2, 0.25) is 0 Å². The summed E-state index contributed by atoms with van der Waals surface area (Å²) in [6.07, 6.45) is 8.11. The summed E-state index contributed by atoms with van der Waals surface area (Å²) in [5, 5.41) is 0. The van der Waals surface area contributed by atoms with Gasteiger partial charge < -0.3 is 9.47 Å². The molecule has 0 aliphatic carbocycles. The van der Waals surface area contributed by atoms with Crippen molar-refractivity contribution >= 4 is 11.9 Å². The lowest BCUT2D eigenvalue weighted by molar-refractivity contribution is -0.149. The SMILES string of the molecule is C=CC(=O)OCC(CCCC)(CCCC)COC(=O)C=C. The first kappa shape index (κ1) is 19.4. The van der Waals surface area contributed by atoms with Crippen LogP contribution in [0.1, 0.15) is 52.4 Å². The van der Waals surface area contributed by atoms with Crippen molar-refractivity contribution in [2.24, 2.45) is 5.41 Å². The third-order valence-corrected chi connectivity index (χ3v) is 3.50. The molecule has 0 aliphatic rings. The van der Waals surface area contributed by atoms with E-state index >= 15 is 0 Å². The predicted molar refractivity (Wildman–Crippen MR) is 83.8 cm³/mol. The number of esters is 2. The zero-order chi connectivity index (χ0) is 16.1. The van der Waals surface area contributed by atoms with Crippen molar-refractivity contribution < 1.29 is 19.1 Å². The molecule has 0 saturated carbocycles. The molecule has 0 aromatic rings. The number of ether oxygens (including phenoxy) is 2. The summed E-state index contributed by atoms with van der Waals surface area (Å²) in [7, 11) is 0. The summed E-state index contributed by atoms with van der Waals surface area (Å²) in [6, 6.07) is 0. The van der Waals surface area contributed by atoms with Crippen molar-refractivity contribution in [1.29, 1.82) is 0 Å². The number of rotatable bonds is 12. The van der Waals surface area contributed by atoms with E-state index in [0.29, 0.717) is 0 Å². The van der Waals surface area contributed by atoms with E-state index in [2.05, 4.69) is 27.0 Å². The summed E-state index contributed by atoms with van der Waals surface area (Å²) in [4.78, 5) is 22.7. The van der Waals surface area contributed by atoms with E-state index in [-0.39, 0.29) is 18.6 Å². The molecule has 0 bridgehead atoms. The average molecular weight is 296 g/mol. The molecule has 0 rings (SSSR count). The number of carbonyl (C=O) groups is 2. The van der Waals surface area contributed by atoms with Crippen molar-refractivity contribution in [1.82, 2.24) is 0 Å². The maximum atomic E-state index is 11.3. The molecule has 4 nitrogen and oxygen atoms in total. The first-order valence-corrected chi connectivity index (χ1v) is 7.62. The van der Waals surface area contributed by atoms with Gasteiger partial charge in [0.25, 0.3) is 0 Å². The number of carbonyl (C=O) groups excluding carboxylic acids is 2. The fourth-order valence-corrected chi connectivity index (χ4v) is 2.13. The highest BCUT2D eigenvalue weighted by Gasteiger charge is 2.32. The minimum Gasteiger partial charge on any atom is -0.462 e.